The van der Waals surface area contributed by atoms with Crippen LogP contribution in [0.15, 0.2) is 24.5 Å². The van der Waals surface area contributed by atoms with Crippen molar-refractivity contribution in [3.63, 3.8) is 0 Å². The molecule has 1 N–H and O–H groups in total. The average molecular weight is 287 g/mol. The molecule has 1 aliphatic carbocycles. The van der Waals surface area contributed by atoms with Crippen LogP contribution in [0.25, 0.3) is 10.6 Å². The molecule has 0 saturated heterocycles. The molecule has 1 atom stereocenters. The van der Waals surface area contributed by atoms with E-state index in [0.29, 0.717) is 5.92 Å². The third-order valence-corrected chi connectivity index (χ3v) is 5.00. The van der Waals surface area contributed by atoms with Crippen LogP contribution in [0, 0.1) is 0 Å². The number of fused-ring (bicyclic) bond motifs is 1. The molecule has 0 spiro atoms. The fraction of sp³-hybridized carbons (Fsp3) is 0.500. The van der Waals surface area contributed by atoms with Crippen LogP contribution in [0.1, 0.15) is 42.7 Å². The number of hydrogen-bond acceptors (Lipinski definition) is 4. The van der Waals surface area contributed by atoms with E-state index in [2.05, 4.69) is 29.4 Å². The van der Waals surface area contributed by atoms with Gasteiger partial charge < -0.3 is 5.32 Å². The fourth-order valence-corrected chi connectivity index (χ4v) is 3.97. The van der Waals surface area contributed by atoms with Crippen molar-refractivity contribution in [2.24, 2.45) is 0 Å². The first-order valence-corrected chi connectivity index (χ1v) is 8.31. The molecule has 3 nitrogen and oxygen atoms in total. The summed E-state index contributed by atoms with van der Waals surface area (Å²) in [5, 5.41) is 4.70. The monoisotopic (exact) mass is 287 g/mol. The topological polar surface area (TPSA) is 37.8 Å². The van der Waals surface area contributed by atoms with E-state index in [0.717, 1.165) is 18.1 Å². The highest BCUT2D eigenvalue weighted by Gasteiger charge is 2.24. The van der Waals surface area contributed by atoms with Crippen molar-refractivity contribution >= 4 is 11.3 Å². The largest absolute Gasteiger partial charge is 0.316 e. The lowest BCUT2D eigenvalue weighted by Crippen LogP contribution is -2.24. The van der Waals surface area contributed by atoms with Gasteiger partial charge >= 0.3 is 0 Å². The van der Waals surface area contributed by atoms with Crippen molar-refractivity contribution in [2.75, 3.05) is 13.1 Å². The summed E-state index contributed by atoms with van der Waals surface area (Å²) < 4.78 is 0. The zero-order valence-electron chi connectivity index (χ0n) is 11.9. The number of rotatable bonds is 5. The number of aryl methyl sites for hydroxylation is 1. The lowest BCUT2D eigenvalue weighted by molar-refractivity contribution is 0.502. The van der Waals surface area contributed by atoms with Gasteiger partial charge in [-0.05, 0) is 44.4 Å². The lowest BCUT2D eigenvalue weighted by atomic mass is 9.91. The third-order valence-electron chi connectivity index (χ3n) is 3.82. The minimum Gasteiger partial charge on any atom is -0.316 e. The van der Waals surface area contributed by atoms with Crippen LogP contribution >= 0.6 is 11.3 Å². The maximum Gasteiger partial charge on any atom is 0.123 e. The lowest BCUT2D eigenvalue weighted by Gasteiger charge is -2.21. The Morgan fingerprint density at radius 2 is 2.20 bits per heavy atom. The highest BCUT2D eigenvalue weighted by atomic mass is 32.1. The van der Waals surface area contributed by atoms with Crippen LogP contribution in [0.4, 0.5) is 0 Å². The second kappa shape index (κ2) is 6.46. The minimum atomic E-state index is 0.595. The third kappa shape index (κ3) is 2.91. The van der Waals surface area contributed by atoms with Crippen molar-refractivity contribution in [1.82, 2.24) is 15.3 Å². The molecule has 0 radical (unpaired) electrons. The van der Waals surface area contributed by atoms with Crippen LogP contribution in [0.3, 0.4) is 0 Å². The number of hydrogen-bond donors (Lipinski definition) is 1. The highest BCUT2D eigenvalue weighted by Crippen LogP contribution is 2.37. The highest BCUT2D eigenvalue weighted by molar-refractivity contribution is 7.15. The molecule has 0 aromatic carbocycles. The van der Waals surface area contributed by atoms with E-state index in [9.17, 15) is 0 Å². The van der Waals surface area contributed by atoms with Crippen molar-refractivity contribution in [3.8, 4) is 10.6 Å². The zero-order chi connectivity index (χ0) is 13.8. The van der Waals surface area contributed by atoms with Gasteiger partial charge in [0, 0.05) is 35.3 Å². The summed E-state index contributed by atoms with van der Waals surface area (Å²) in [7, 11) is 0. The molecular formula is C16H21N3S. The Bertz CT molecular complexity index is 550. The quantitative estimate of drug-likeness (QED) is 0.853. The minimum absolute atomic E-state index is 0.595. The first-order chi connectivity index (χ1) is 9.88. The first-order valence-electron chi connectivity index (χ1n) is 7.49. The molecule has 2 aromatic rings. The Balaban J connectivity index is 1.81. The molecule has 0 bridgehead atoms. The number of aromatic nitrogens is 2. The van der Waals surface area contributed by atoms with Crippen LogP contribution in [-0.4, -0.2) is 23.1 Å². The predicted molar refractivity (Wildman–Crippen MR) is 84.2 cm³/mol. The second-order valence-electron chi connectivity index (χ2n) is 5.36. The Labute approximate surface area is 124 Å². The van der Waals surface area contributed by atoms with E-state index in [-0.39, 0.29) is 0 Å². The zero-order valence-corrected chi connectivity index (χ0v) is 12.7. The summed E-state index contributed by atoms with van der Waals surface area (Å²) >= 11 is 1.86. The van der Waals surface area contributed by atoms with Gasteiger partial charge in [0.1, 0.15) is 5.01 Å². The fourth-order valence-electron chi connectivity index (χ4n) is 2.78. The van der Waals surface area contributed by atoms with Crippen molar-refractivity contribution in [3.05, 3.63) is 35.1 Å². The number of pyridine rings is 1. The van der Waals surface area contributed by atoms with E-state index >= 15 is 0 Å². The SMILES string of the molecule is CCCNCC1CCCc2sc(-c3ccncc3)nc21. The van der Waals surface area contributed by atoms with Gasteiger partial charge in [0.25, 0.3) is 0 Å². The summed E-state index contributed by atoms with van der Waals surface area (Å²) in [6.07, 6.45) is 8.64. The normalized spacial score (nSPS) is 17.9. The van der Waals surface area contributed by atoms with Gasteiger partial charge in [-0.25, -0.2) is 4.98 Å². The summed E-state index contributed by atoms with van der Waals surface area (Å²) in [4.78, 5) is 10.5. The molecular weight excluding hydrogens is 266 g/mol. The summed E-state index contributed by atoms with van der Waals surface area (Å²) in [5.41, 5.74) is 2.54. The first kappa shape index (κ1) is 13.7. The molecule has 0 amide bonds. The number of nitrogens with zero attached hydrogens (tertiary/aromatic N) is 2. The second-order valence-corrected chi connectivity index (χ2v) is 6.44. The van der Waals surface area contributed by atoms with Gasteiger partial charge in [-0.2, -0.15) is 0 Å². The van der Waals surface area contributed by atoms with E-state index in [1.54, 1.807) is 0 Å². The van der Waals surface area contributed by atoms with Gasteiger partial charge in [-0.1, -0.05) is 6.92 Å². The summed E-state index contributed by atoms with van der Waals surface area (Å²) in [5.74, 6) is 0.595. The van der Waals surface area contributed by atoms with Crippen molar-refractivity contribution in [2.45, 2.75) is 38.5 Å². The molecule has 2 aromatic heterocycles. The maximum absolute atomic E-state index is 4.93. The molecule has 4 heteroatoms. The van der Waals surface area contributed by atoms with E-state index in [4.69, 9.17) is 4.98 Å². The molecule has 0 fully saturated rings. The van der Waals surface area contributed by atoms with Crippen LogP contribution < -0.4 is 5.32 Å². The Morgan fingerprint density at radius 3 is 3.00 bits per heavy atom. The summed E-state index contributed by atoms with van der Waals surface area (Å²) in [6, 6.07) is 4.10. The van der Waals surface area contributed by atoms with Crippen LogP contribution in [-0.2, 0) is 6.42 Å². The Morgan fingerprint density at radius 1 is 1.35 bits per heavy atom. The smallest absolute Gasteiger partial charge is 0.123 e. The average Bonchev–Trinajstić information content (AvgIpc) is 2.93. The van der Waals surface area contributed by atoms with Gasteiger partial charge in [0.15, 0.2) is 0 Å². The predicted octanol–water partition coefficient (Wildman–Crippen LogP) is 3.62. The molecule has 3 rings (SSSR count). The molecule has 106 valence electrons. The number of thiazole rings is 1. The Kier molecular flexibility index (Phi) is 4.43. The molecule has 0 saturated carbocycles. The maximum atomic E-state index is 4.93. The molecule has 1 unspecified atom stereocenters. The summed E-state index contributed by atoms with van der Waals surface area (Å²) in [6.45, 7) is 4.39. The van der Waals surface area contributed by atoms with E-state index < -0.39 is 0 Å². The van der Waals surface area contributed by atoms with Crippen LogP contribution in [0.5, 0.6) is 0 Å². The van der Waals surface area contributed by atoms with Crippen molar-refractivity contribution < 1.29 is 0 Å². The van der Waals surface area contributed by atoms with Gasteiger partial charge in [-0.15, -0.1) is 11.3 Å². The molecule has 20 heavy (non-hydrogen) atoms. The van der Waals surface area contributed by atoms with E-state index in [1.165, 1.54) is 41.8 Å². The number of nitrogens with one attached hydrogen (secondary N) is 1. The molecule has 0 aliphatic heterocycles. The van der Waals surface area contributed by atoms with Crippen LogP contribution in [0.2, 0.25) is 0 Å². The van der Waals surface area contributed by atoms with Gasteiger partial charge in [-0.3, -0.25) is 4.98 Å². The molecule has 1 aliphatic rings. The standard InChI is InChI=1S/C16H21N3S/c1-2-8-18-11-13-4-3-5-14-15(13)19-16(20-14)12-6-9-17-10-7-12/h6-7,9-10,13,18H,2-5,8,11H2,1H3. The molecule has 2 heterocycles. The van der Waals surface area contributed by atoms with Gasteiger partial charge in [0.05, 0.1) is 5.69 Å². The van der Waals surface area contributed by atoms with Gasteiger partial charge in [0.2, 0.25) is 0 Å². The Hall–Kier alpha value is -1.26. The van der Waals surface area contributed by atoms with Crippen molar-refractivity contribution in [1.29, 1.82) is 0 Å². The van der Waals surface area contributed by atoms with E-state index in [1.807, 2.05) is 23.7 Å².